The van der Waals surface area contributed by atoms with Gasteiger partial charge in [-0.2, -0.15) is 0 Å². The molecule has 0 saturated carbocycles. The number of aromatic carboxylic acids is 1. The number of aromatic amines is 1. The minimum Gasteiger partial charge on any atom is -0.497 e. The number of nitrogens with zero attached hydrogens (tertiary/aromatic N) is 1. The molecule has 25 heavy (non-hydrogen) atoms. The van der Waals surface area contributed by atoms with Gasteiger partial charge in [0.15, 0.2) is 0 Å². The Kier molecular flexibility index (Phi) is 4.21. The minimum absolute atomic E-state index is 0.0407. The van der Waals surface area contributed by atoms with Crippen molar-refractivity contribution < 1.29 is 19.6 Å². The highest BCUT2D eigenvalue weighted by Gasteiger charge is 2.31. The standard InChI is InChI=1S/C18H14N2O5/c1-25-13-9-7-11(8-10-13)14-16(18(21)22)19-15(17(14)20(23)24)12-5-3-2-4-6-12/h2-10,19H,1H3,(H,21,22). The molecule has 0 unspecified atom stereocenters. The summed E-state index contributed by atoms with van der Waals surface area (Å²) in [6.45, 7) is 0. The summed E-state index contributed by atoms with van der Waals surface area (Å²) in [6, 6.07) is 15.0. The van der Waals surface area contributed by atoms with Crippen molar-refractivity contribution in [1.82, 2.24) is 4.98 Å². The Morgan fingerprint density at radius 3 is 2.24 bits per heavy atom. The van der Waals surface area contributed by atoms with Crippen LogP contribution < -0.4 is 4.74 Å². The molecule has 0 atom stereocenters. The molecule has 0 aliphatic carbocycles. The average Bonchev–Trinajstić information content (AvgIpc) is 3.03. The molecule has 0 bridgehead atoms. The second kappa shape index (κ2) is 6.48. The van der Waals surface area contributed by atoms with Gasteiger partial charge in [-0.1, -0.05) is 42.5 Å². The fraction of sp³-hybridized carbons (Fsp3) is 0.0556. The number of hydrogen-bond donors (Lipinski definition) is 2. The quantitative estimate of drug-likeness (QED) is 0.541. The molecular formula is C18H14N2O5. The van der Waals surface area contributed by atoms with Crippen molar-refractivity contribution in [3.05, 3.63) is 70.4 Å². The Morgan fingerprint density at radius 2 is 1.72 bits per heavy atom. The largest absolute Gasteiger partial charge is 0.497 e. The van der Waals surface area contributed by atoms with Crippen LogP contribution in [0.5, 0.6) is 5.75 Å². The number of ether oxygens (including phenoxy) is 1. The molecule has 2 aromatic carbocycles. The van der Waals surface area contributed by atoms with Crippen LogP contribution in [0, 0.1) is 10.1 Å². The Balaban J connectivity index is 2.30. The highest BCUT2D eigenvalue weighted by atomic mass is 16.6. The van der Waals surface area contributed by atoms with Gasteiger partial charge in [-0.25, -0.2) is 4.79 Å². The van der Waals surface area contributed by atoms with Crippen molar-refractivity contribution in [3.63, 3.8) is 0 Å². The molecule has 7 heteroatoms. The second-order valence-electron chi connectivity index (χ2n) is 5.26. The average molecular weight is 338 g/mol. The normalized spacial score (nSPS) is 10.4. The maximum atomic E-state index is 11.7. The number of H-pyrrole nitrogens is 1. The van der Waals surface area contributed by atoms with E-state index >= 15 is 0 Å². The summed E-state index contributed by atoms with van der Waals surface area (Å²) in [5.41, 5.74) is 0.664. The predicted octanol–water partition coefficient (Wildman–Crippen LogP) is 3.96. The number of aromatic nitrogens is 1. The monoisotopic (exact) mass is 338 g/mol. The van der Waals surface area contributed by atoms with Crippen LogP contribution in [0.15, 0.2) is 54.6 Å². The number of benzene rings is 2. The topological polar surface area (TPSA) is 105 Å². The number of carboxylic acids is 1. The maximum absolute atomic E-state index is 11.7. The van der Waals surface area contributed by atoms with Crippen LogP contribution in [-0.2, 0) is 0 Å². The molecule has 0 fully saturated rings. The number of rotatable bonds is 5. The lowest BCUT2D eigenvalue weighted by Crippen LogP contribution is -1.99. The number of methoxy groups -OCH3 is 1. The lowest BCUT2D eigenvalue weighted by Gasteiger charge is -2.03. The summed E-state index contributed by atoms with van der Waals surface area (Å²) < 4.78 is 5.08. The zero-order chi connectivity index (χ0) is 18.0. The Morgan fingerprint density at radius 1 is 1.08 bits per heavy atom. The summed E-state index contributed by atoms with van der Waals surface area (Å²) in [5.74, 6) is -0.696. The highest BCUT2D eigenvalue weighted by molar-refractivity contribution is 6.01. The van der Waals surface area contributed by atoms with E-state index in [1.807, 2.05) is 0 Å². The van der Waals surface area contributed by atoms with Crippen LogP contribution in [0.3, 0.4) is 0 Å². The first-order valence-electron chi connectivity index (χ1n) is 7.36. The Labute approximate surface area is 142 Å². The number of carboxylic acid groups (broad SMARTS) is 1. The molecule has 3 aromatic rings. The van der Waals surface area contributed by atoms with Crippen molar-refractivity contribution in [3.8, 4) is 28.1 Å². The summed E-state index contributed by atoms with van der Waals surface area (Å²) in [4.78, 5) is 25.5. The molecule has 1 aromatic heterocycles. The van der Waals surface area contributed by atoms with Gasteiger partial charge in [0.1, 0.15) is 17.1 Å². The molecule has 0 radical (unpaired) electrons. The number of carbonyl (C=O) groups is 1. The van der Waals surface area contributed by atoms with E-state index in [0.29, 0.717) is 16.9 Å². The first-order valence-corrected chi connectivity index (χ1v) is 7.36. The van der Waals surface area contributed by atoms with Gasteiger partial charge in [-0.15, -0.1) is 0 Å². The Hall–Kier alpha value is -3.61. The van der Waals surface area contributed by atoms with E-state index in [1.54, 1.807) is 54.6 Å². The molecule has 2 N–H and O–H groups in total. The molecule has 126 valence electrons. The predicted molar refractivity (Wildman–Crippen MR) is 91.8 cm³/mol. The first kappa shape index (κ1) is 16.3. The molecule has 3 rings (SSSR count). The fourth-order valence-corrected chi connectivity index (χ4v) is 2.69. The third kappa shape index (κ3) is 2.94. The van der Waals surface area contributed by atoms with Gasteiger partial charge in [0, 0.05) is 5.56 Å². The number of hydrogen-bond acceptors (Lipinski definition) is 4. The van der Waals surface area contributed by atoms with Gasteiger partial charge in [0.05, 0.1) is 17.6 Å². The van der Waals surface area contributed by atoms with Crippen molar-refractivity contribution >= 4 is 11.7 Å². The highest BCUT2D eigenvalue weighted by Crippen LogP contribution is 2.41. The maximum Gasteiger partial charge on any atom is 0.353 e. The van der Waals surface area contributed by atoms with E-state index in [-0.39, 0.29) is 22.6 Å². The van der Waals surface area contributed by atoms with Crippen LogP contribution in [0.4, 0.5) is 5.69 Å². The van der Waals surface area contributed by atoms with Crippen molar-refractivity contribution in [2.45, 2.75) is 0 Å². The zero-order valence-electron chi connectivity index (χ0n) is 13.2. The molecule has 7 nitrogen and oxygen atoms in total. The van der Waals surface area contributed by atoms with E-state index in [2.05, 4.69) is 4.98 Å². The molecule has 0 amide bonds. The third-order valence-electron chi connectivity index (χ3n) is 3.81. The van der Waals surface area contributed by atoms with E-state index in [1.165, 1.54) is 7.11 Å². The lowest BCUT2D eigenvalue weighted by atomic mass is 10.0. The smallest absolute Gasteiger partial charge is 0.353 e. The zero-order valence-corrected chi connectivity index (χ0v) is 13.2. The third-order valence-corrected chi connectivity index (χ3v) is 3.81. The minimum atomic E-state index is -1.27. The van der Waals surface area contributed by atoms with Gasteiger partial charge in [0.2, 0.25) is 0 Å². The number of nitro groups is 1. The molecule has 1 heterocycles. The van der Waals surface area contributed by atoms with E-state index in [9.17, 15) is 20.0 Å². The molecule has 0 aliphatic rings. The molecule has 0 saturated heterocycles. The van der Waals surface area contributed by atoms with E-state index in [4.69, 9.17) is 4.74 Å². The van der Waals surface area contributed by atoms with Crippen molar-refractivity contribution in [1.29, 1.82) is 0 Å². The van der Waals surface area contributed by atoms with Crippen LogP contribution >= 0.6 is 0 Å². The van der Waals surface area contributed by atoms with Gasteiger partial charge in [-0.05, 0) is 17.7 Å². The van der Waals surface area contributed by atoms with Gasteiger partial charge >= 0.3 is 11.7 Å². The SMILES string of the molecule is COc1ccc(-c2c(C(=O)O)[nH]c(-c3ccccc3)c2[N+](=O)[O-])cc1. The fourth-order valence-electron chi connectivity index (χ4n) is 2.69. The van der Waals surface area contributed by atoms with Crippen LogP contribution in [-0.4, -0.2) is 28.1 Å². The second-order valence-corrected chi connectivity index (χ2v) is 5.26. The summed E-state index contributed by atoms with van der Waals surface area (Å²) in [7, 11) is 1.50. The van der Waals surface area contributed by atoms with E-state index < -0.39 is 10.9 Å². The summed E-state index contributed by atoms with van der Waals surface area (Å²) in [5, 5.41) is 21.2. The molecular weight excluding hydrogens is 324 g/mol. The summed E-state index contributed by atoms with van der Waals surface area (Å²) >= 11 is 0. The van der Waals surface area contributed by atoms with Gasteiger partial charge in [-0.3, -0.25) is 10.1 Å². The van der Waals surface area contributed by atoms with E-state index in [0.717, 1.165) is 0 Å². The van der Waals surface area contributed by atoms with Crippen LogP contribution in [0.2, 0.25) is 0 Å². The van der Waals surface area contributed by atoms with Gasteiger partial charge in [0.25, 0.3) is 0 Å². The van der Waals surface area contributed by atoms with Gasteiger partial charge < -0.3 is 14.8 Å². The number of nitrogens with one attached hydrogen (secondary N) is 1. The van der Waals surface area contributed by atoms with Crippen LogP contribution in [0.1, 0.15) is 10.5 Å². The molecule has 0 spiro atoms. The first-order chi connectivity index (χ1) is 12.0. The Bertz CT molecular complexity index is 930. The van der Waals surface area contributed by atoms with Crippen molar-refractivity contribution in [2.75, 3.05) is 7.11 Å². The van der Waals surface area contributed by atoms with Crippen molar-refractivity contribution in [2.24, 2.45) is 0 Å². The van der Waals surface area contributed by atoms with Crippen LogP contribution in [0.25, 0.3) is 22.4 Å². The summed E-state index contributed by atoms with van der Waals surface area (Å²) in [6.07, 6.45) is 0. The lowest BCUT2D eigenvalue weighted by molar-refractivity contribution is -0.383. The molecule has 0 aliphatic heterocycles.